The first kappa shape index (κ1) is 20.6. The summed E-state index contributed by atoms with van der Waals surface area (Å²) < 4.78 is 10.6. The fourth-order valence-electron chi connectivity index (χ4n) is 3.32. The van der Waals surface area contributed by atoms with E-state index < -0.39 is 5.97 Å². The number of nitrogens with one attached hydrogen (secondary N) is 1. The van der Waals surface area contributed by atoms with Gasteiger partial charge in [-0.1, -0.05) is 54.6 Å². The van der Waals surface area contributed by atoms with Gasteiger partial charge in [0.1, 0.15) is 24.6 Å². The van der Waals surface area contributed by atoms with Crippen molar-refractivity contribution in [2.24, 2.45) is 0 Å². The van der Waals surface area contributed by atoms with Gasteiger partial charge in [-0.3, -0.25) is 14.5 Å². The quantitative estimate of drug-likeness (QED) is 0.364. The van der Waals surface area contributed by atoms with Crippen LogP contribution < -0.4 is 10.1 Å². The number of amides is 1. The van der Waals surface area contributed by atoms with Crippen molar-refractivity contribution in [1.29, 1.82) is 0 Å². The Labute approximate surface area is 185 Å². The van der Waals surface area contributed by atoms with Crippen molar-refractivity contribution in [3.63, 3.8) is 0 Å². The molecule has 0 unspecified atom stereocenters. The van der Waals surface area contributed by atoms with Crippen molar-refractivity contribution in [3.05, 3.63) is 83.6 Å². The minimum Gasteiger partial charge on any atom is -0.489 e. The van der Waals surface area contributed by atoms with Gasteiger partial charge in [-0.05, 0) is 52.3 Å². The first-order valence-corrected chi connectivity index (χ1v) is 10.1. The Hall–Kier alpha value is -3.71. The van der Waals surface area contributed by atoms with Crippen LogP contribution in [0.5, 0.6) is 5.75 Å². The van der Waals surface area contributed by atoms with Gasteiger partial charge in [-0.25, -0.2) is 0 Å². The highest BCUT2D eigenvalue weighted by Crippen LogP contribution is 2.22. The molecule has 0 radical (unpaired) electrons. The molecule has 0 aromatic heterocycles. The van der Waals surface area contributed by atoms with Crippen LogP contribution in [0.15, 0.2) is 72.4 Å². The number of esters is 1. The van der Waals surface area contributed by atoms with E-state index in [0.29, 0.717) is 12.3 Å². The van der Waals surface area contributed by atoms with Crippen molar-refractivity contribution in [2.75, 3.05) is 13.7 Å². The average Bonchev–Trinajstić information content (AvgIpc) is 3.05. The highest BCUT2D eigenvalue weighted by molar-refractivity contribution is 7.80. The number of carbonyl (C=O) groups is 2. The second-order valence-electron chi connectivity index (χ2n) is 6.95. The Kier molecular flexibility index (Phi) is 5.95. The summed E-state index contributed by atoms with van der Waals surface area (Å²) in [6.07, 6.45) is 1.68. The largest absolute Gasteiger partial charge is 0.489 e. The molecule has 3 aromatic carbocycles. The van der Waals surface area contributed by atoms with E-state index in [1.165, 1.54) is 22.8 Å². The Morgan fingerprint density at radius 1 is 1.06 bits per heavy atom. The van der Waals surface area contributed by atoms with Crippen molar-refractivity contribution in [2.45, 2.75) is 6.61 Å². The number of rotatable bonds is 6. The third-order valence-electron chi connectivity index (χ3n) is 4.94. The zero-order chi connectivity index (χ0) is 21.8. The van der Waals surface area contributed by atoms with E-state index in [-0.39, 0.29) is 17.6 Å². The van der Waals surface area contributed by atoms with Crippen LogP contribution in [-0.2, 0) is 20.9 Å². The van der Waals surface area contributed by atoms with Gasteiger partial charge in [0.25, 0.3) is 5.91 Å². The van der Waals surface area contributed by atoms with Gasteiger partial charge < -0.3 is 14.8 Å². The molecular formula is C24H20N2O4S. The van der Waals surface area contributed by atoms with Crippen LogP contribution in [0.1, 0.15) is 11.1 Å². The number of benzene rings is 3. The van der Waals surface area contributed by atoms with Crippen molar-refractivity contribution in [3.8, 4) is 5.75 Å². The number of fused-ring (bicyclic) bond motifs is 1. The molecule has 1 fully saturated rings. The van der Waals surface area contributed by atoms with Gasteiger partial charge in [0, 0.05) is 0 Å². The first-order valence-electron chi connectivity index (χ1n) is 9.66. The molecule has 7 heteroatoms. The molecule has 1 aliphatic heterocycles. The minimum atomic E-state index is -0.536. The maximum Gasteiger partial charge on any atom is 0.325 e. The smallest absolute Gasteiger partial charge is 0.325 e. The normalized spacial score (nSPS) is 14.7. The standard InChI is InChI=1S/C24H20N2O4S/c1-29-22(27)14-26-23(28)21(25-24(26)31)13-16-9-11-19(12-10-16)30-15-18-7-4-6-17-5-2-3-8-20(17)18/h2-13H,14-15H2,1H3,(H,25,31)/b21-13-. The van der Waals surface area contributed by atoms with Gasteiger partial charge in [-0.15, -0.1) is 0 Å². The molecule has 1 N–H and O–H groups in total. The van der Waals surface area contributed by atoms with E-state index in [1.54, 1.807) is 6.08 Å². The number of carbonyl (C=O) groups excluding carboxylic acids is 2. The second kappa shape index (κ2) is 8.97. The summed E-state index contributed by atoms with van der Waals surface area (Å²) in [5.41, 5.74) is 2.22. The number of hydrogen-bond donors (Lipinski definition) is 1. The van der Waals surface area contributed by atoms with Crippen LogP contribution >= 0.6 is 12.2 Å². The van der Waals surface area contributed by atoms with Crippen molar-refractivity contribution < 1.29 is 19.1 Å². The highest BCUT2D eigenvalue weighted by atomic mass is 32.1. The minimum absolute atomic E-state index is 0.177. The Morgan fingerprint density at radius 3 is 2.58 bits per heavy atom. The van der Waals surface area contributed by atoms with E-state index in [0.717, 1.165) is 16.9 Å². The maximum atomic E-state index is 12.5. The van der Waals surface area contributed by atoms with E-state index >= 15 is 0 Å². The summed E-state index contributed by atoms with van der Waals surface area (Å²) in [5.74, 6) is -0.179. The Morgan fingerprint density at radius 2 is 1.81 bits per heavy atom. The fraction of sp³-hybridized carbons (Fsp3) is 0.125. The highest BCUT2D eigenvalue weighted by Gasteiger charge is 2.32. The number of methoxy groups -OCH3 is 1. The molecule has 1 heterocycles. The number of nitrogens with zero attached hydrogens (tertiary/aromatic N) is 1. The molecule has 0 bridgehead atoms. The van der Waals surface area contributed by atoms with E-state index in [2.05, 4.69) is 34.3 Å². The van der Waals surface area contributed by atoms with Crippen molar-refractivity contribution in [1.82, 2.24) is 10.2 Å². The van der Waals surface area contributed by atoms with E-state index in [1.807, 2.05) is 42.5 Å². The predicted octanol–water partition coefficient (Wildman–Crippen LogP) is 3.65. The second-order valence-corrected chi connectivity index (χ2v) is 7.34. The zero-order valence-corrected chi connectivity index (χ0v) is 17.6. The summed E-state index contributed by atoms with van der Waals surface area (Å²) in [5, 5.41) is 5.37. The van der Waals surface area contributed by atoms with E-state index in [9.17, 15) is 9.59 Å². The summed E-state index contributed by atoms with van der Waals surface area (Å²) >= 11 is 5.14. The van der Waals surface area contributed by atoms with Crippen LogP contribution in [-0.4, -0.2) is 35.5 Å². The van der Waals surface area contributed by atoms with Crippen LogP contribution in [0.3, 0.4) is 0 Å². The zero-order valence-electron chi connectivity index (χ0n) is 16.8. The molecular weight excluding hydrogens is 412 g/mol. The molecule has 1 aliphatic rings. The first-order chi connectivity index (χ1) is 15.0. The summed E-state index contributed by atoms with van der Waals surface area (Å²) in [7, 11) is 1.26. The van der Waals surface area contributed by atoms with Gasteiger partial charge in [0.2, 0.25) is 0 Å². The number of thiocarbonyl (C=S) groups is 1. The summed E-state index contributed by atoms with van der Waals surface area (Å²) in [6, 6.07) is 21.8. The molecule has 0 spiro atoms. The van der Waals surface area contributed by atoms with Gasteiger partial charge in [0.05, 0.1) is 7.11 Å². The van der Waals surface area contributed by atoms with Gasteiger partial charge in [0.15, 0.2) is 5.11 Å². The molecule has 1 saturated heterocycles. The molecule has 0 aliphatic carbocycles. The fourth-order valence-corrected chi connectivity index (χ4v) is 3.57. The van der Waals surface area contributed by atoms with Crippen LogP contribution in [0, 0.1) is 0 Å². The van der Waals surface area contributed by atoms with Crippen LogP contribution in [0.4, 0.5) is 0 Å². The molecule has 156 valence electrons. The molecule has 0 saturated carbocycles. The third kappa shape index (κ3) is 4.57. The van der Waals surface area contributed by atoms with Crippen LogP contribution in [0.25, 0.3) is 16.8 Å². The lowest BCUT2D eigenvalue weighted by Crippen LogP contribution is -2.35. The lowest BCUT2D eigenvalue weighted by molar-refractivity contribution is -0.143. The van der Waals surface area contributed by atoms with Crippen LogP contribution in [0.2, 0.25) is 0 Å². The Balaban J connectivity index is 1.43. The molecule has 31 heavy (non-hydrogen) atoms. The molecule has 3 aromatic rings. The number of hydrogen-bond acceptors (Lipinski definition) is 5. The summed E-state index contributed by atoms with van der Waals surface area (Å²) in [6.45, 7) is 0.234. The molecule has 0 atom stereocenters. The van der Waals surface area contributed by atoms with Crippen molar-refractivity contribution >= 4 is 46.1 Å². The molecule has 6 nitrogen and oxygen atoms in total. The van der Waals surface area contributed by atoms with E-state index in [4.69, 9.17) is 17.0 Å². The molecule has 4 rings (SSSR count). The third-order valence-corrected chi connectivity index (χ3v) is 5.27. The molecule has 1 amide bonds. The summed E-state index contributed by atoms with van der Waals surface area (Å²) in [4.78, 5) is 25.1. The number of ether oxygens (including phenoxy) is 2. The SMILES string of the molecule is COC(=O)CN1C(=O)/C(=C/c2ccc(OCc3cccc4ccccc34)cc2)NC1=S. The van der Waals surface area contributed by atoms with Gasteiger partial charge >= 0.3 is 5.97 Å². The predicted molar refractivity (Wildman–Crippen MR) is 122 cm³/mol. The average molecular weight is 433 g/mol. The topological polar surface area (TPSA) is 67.9 Å². The lowest BCUT2D eigenvalue weighted by atomic mass is 10.1. The maximum absolute atomic E-state index is 12.5. The monoisotopic (exact) mass is 432 g/mol. The lowest BCUT2D eigenvalue weighted by Gasteiger charge is -2.11. The Bertz CT molecular complexity index is 1180. The van der Waals surface area contributed by atoms with Gasteiger partial charge in [-0.2, -0.15) is 0 Å².